The van der Waals surface area contributed by atoms with Crippen LogP contribution in [0, 0.1) is 0 Å². The molecule has 2 heterocycles. The lowest BCUT2D eigenvalue weighted by Gasteiger charge is -2.12. The summed E-state index contributed by atoms with van der Waals surface area (Å²) in [6.07, 6.45) is 1.87. The Labute approximate surface area is 143 Å². The summed E-state index contributed by atoms with van der Waals surface area (Å²) in [7, 11) is 0. The van der Waals surface area contributed by atoms with Gasteiger partial charge in [0.2, 0.25) is 5.82 Å². The monoisotopic (exact) mass is 332 g/mol. The Morgan fingerprint density at radius 1 is 1.16 bits per heavy atom. The number of fused-ring (bicyclic) bond motifs is 1. The fourth-order valence-corrected chi connectivity index (χ4v) is 2.70. The molecule has 0 saturated carbocycles. The van der Waals surface area contributed by atoms with Crippen molar-refractivity contribution in [3.05, 3.63) is 72.2 Å². The first kappa shape index (κ1) is 15.1. The summed E-state index contributed by atoms with van der Waals surface area (Å²) in [6, 6.07) is 17.3. The molecule has 4 aromatic rings. The lowest BCUT2D eigenvalue weighted by Crippen LogP contribution is -2.26. The summed E-state index contributed by atoms with van der Waals surface area (Å²) in [5.41, 5.74) is 2.77. The van der Waals surface area contributed by atoms with Gasteiger partial charge in [-0.1, -0.05) is 47.6 Å². The number of carbonyl (C=O) groups is 1. The maximum Gasteiger partial charge on any atom is 0.316 e. The van der Waals surface area contributed by atoms with Crippen LogP contribution >= 0.6 is 0 Å². The number of nitrogens with zero attached hydrogens (tertiary/aromatic N) is 2. The van der Waals surface area contributed by atoms with Crippen molar-refractivity contribution in [2.75, 3.05) is 0 Å². The summed E-state index contributed by atoms with van der Waals surface area (Å²) < 4.78 is 5.13. The second-order valence-corrected chi connectivity index (χ2v) is 5.81. The summed E-state index contributed by atoms with van der Waals surface area (Å²) in [6.45, 7) is 1.91. The molecular weight excluding hydrogens is 316 g/mol. The average molecular weight is 332 g/mol. The van der Waals surface area contributed by atoms with E-state index in [9.17, 15) is 4.79 Å². The SMILES string of the molecule is C[C@H](NC(=O)c1nc(-c2ccc3cc[nH]c3c2)no1)c1ccccc1. The molecule has 4 rings (SSSR count). The minimum absolute atomic E-state index is 0.0515. The summed E-state index contributed by atoms with van der Waals surface area (Å²) >= 11 is 0. The van der Waals surface area contributed by atoms with Crippen LogP contribution in [-0.4, -0.2) is 21.0 Å². The Morgan fingerprint density at radius 3 is 2.84 bits per heavy atom. The Hall–Kier alpha value is -3.41. The first-order valence-corrected chi connectivity index (χ1v) is 7.98. The second kappa shape index (κ2) is 6.24. The fourth-order valence-electron chi connectivity index (χ4n) is 2.70. The highest BCUT2D eigenvalue weighted by molar-refractivity contribution is 5.90. The first-order chi connectivity index (χ1) is 12.2. The van der Waals surface area contributed by atoms with Crippen LogP contribution in [-0.2, 0) is 0 Å². The van der Waals surface area contributed by atoms with Gasteiger partial charge < -0.3 is 14.8 Å². The van der Waals surface area contributed by atoms with E-state index >= 15 is 0 Å². The maximum absolute atomic E-state index is 12.3. The van der Waals surface area contributed by atoms with Crippen molar-refractivity contribution < 1.29 is 9.32 Å². The minimum Gasteiger partial charge on any atom is -0.361 e. The third-order valence-corrected chi connectivity index (χ3v) is 4.08. The van der Waals surface area contributed by atoms with Crippen LogP contribution in [0.1, 0.15) is 29.2 Å². The molecule has 6 heteroatoms. The Kier molecular flexibility index (Phi) is 3.78. The number of benzene rings is 2. The summed E-state index contributed by atoms with van der Waals surface area (Å²) in [5.74, 6) is -0.0607. The number of hydrogen-bond acceptors (Lipinski definition) is 4. The van der Waals surface area contributed by atoms with Gasteiger partial charge >= 0.3 is 11.8 Å². The molecule has 0 spiro atoms. The first-order valence-electron chi connectivity index (χ1n) is 7.98. The van der Waals surface area contributed by atoms with Crippen molar-refractivity contribution in [2.24, 2.45) is 0 Å². The number of aromatic nitrogens is 3. The van der Waals surface area contributed by atoms with E-state index in [4.69, 9.17) is 4.52 Å². The van der Waals surface area contributed by atoms with Gasteiger partial charge in [-0.15, -0.1) is 0 Å². The van der Waals surface area contributed by atoms with Gasteiger partial charge in [0.05, 0.1) is 6.04 Å². The summed E-state index contributed by atoms with van der Waals surface area (Å²) in [5, 5.41) is 7.88. The van der Waals surface area contributed by atoms with Crippen molar-refractivity contribution in [3.8, 4) is 11.4 Å². The van der Waals surface area contributed by atoms with Crippen molar-refractivity contribution in [2.45, 2.75) is 13.0 Å². The Balaban J connectivity index is 1.53. The van der Waals surface area contributed by atoms with Crippen molar-refractivity contribution in [1.82, 2.24) is 20.4 Å². The molecule has 1 amide bonds. The standard InChI is InChI=1S/C19H16N4O2/c1-12(13-5-3-2-4-6-13)21-18(24)19-22-17(23-25-19)15-8-7-14-9-10-20-16(14)11-15/h2-12,20H,1H3,(H,21,24)/t12-/m0/s1. The molecule has 1 atom stereocenters. The van der Waals surface area contributed by atoms with E-state index in [0.717, 1.165) is 22.0 Å². The zero-order valence-electron chi connectivity index (χ0n) is 13.6. The highest BCUT2D eigenvalue weighted by Gasteiger charge is 2.18. The number of aromatic amines is 1. The fraction of sp³-hybridized carbons (Fsp3) is 0.105. The lowest BCUT2D eigenvalue weighted by molar-refractivity contribution is 0.0895. The third-order valence-electron chi connectivity index (χ3n) is 4.08. The molecule has 0 unspecified atom stereocenters. The molecular formula is C19H16N4O2. The van der Waals surface area contributed by atoms with Crippen LogP contribution in [0.4, 0.5) is 0 Å². The van der Waals surface area contributed by atoms with E-state index in [1.54, 1.807) is 0 Å². The van der Waals surface area contributed by atoms with Gasteiger partial charge in [0.25, 0.3) is 0 Å². The van der Waals surface area contributed by atoms with Gasteiger partial charge in [0.15, 0.2) is 0 Å². The van der Waals surface area contributed by atoms with Crippen LogP contribution in [0.5, 0.6) is 0 Å². The number of rotatable bonds is 4. The Morgan fingerprint density at radius 2 is 2.00 bits per heavy atom. The van der Waals surface area contributed by atoms with Gasteiger partial charge in [0.1, 0.15) is 0 Å². The highest BCUT2D eigenvalue weighted by Crippen LogP contribution is 2.21. The van der Waals surface area contributed by atoms with Crippen LogP contribution in [0.15, 0.2) is 65.3 Å². The van der Waals surface area contributed by atoms with Gasteiger partial charge in [-0.25, -0.2) is 0 Å². The molecule has 2 aromatic heterocycles. The predicted molar refractivity (Wildman–Crippen MR) is 93.9 cm³/mol. The number of amides is 1. The molecule has 0 aliphatic carbocycles. The topological polar surface area (TPSA) is 83.8 Å². The van der Waals surface area contributed by atoms with E-state index in [0.29, 0.717) is 5.82 Å². The molecule has 2 aromatic carbocycles. The Bertz CT molecular complexity index is 1020. The van der Waals surface area contributed by atoms with Crippen molar-refractivity contribution in [3.63, 3.8) is 0 Å². The predicted octanol–water partition coefficient (Wildman–Crippen LogP) is 3.71. The maximum atomic E-state index is 12.3. The molecule has 25 heavy (non-hydrogen) atoms. The van der Waals surface area contributed by atoms with Gasteiger partial charge in [-0.3, -0.25) is 4.79 Å². The van der Waals surface area contributed by atoms with Crippen LogP contribution in [0.25, 0.3) is 22.3 Å². The normalized spacial score (nSPS) is 12.2. The van der Waals surface area contributed by atoms with Crippen molar-refractivity contribution in [1.29, 1.82) is 0 Å². The number of hydrogen-bond donors (Lipinski definition) is 2. The quantitative estimate of drug-likeness (QED) is 0.597. The van der Waals surface area contributed by atoms with Crippen LogP contribution in [0.3, 0.4) is 0 Å². The molecule has 0 bridgehead atoms. The van der Waals surface area contributed by atoms with Gasteiger partial charge in [-0.05, 0) is 30.0 Å². The number of H-pyrrole nitrogens is 1. The van der Waals surface area contributed by atoms with Crippen molar-refractivity contribution >= 4 is 16.8 Å². The zero-order valence-corrected chi connectivity index (χ0v) is 13.6. The van der Waals surface area contributed by atoms with Gasteiger partial charge in [-0.2, -0.15) is 4.98 Å². The molecule has 0 saturated heterocycles. The number of carbonyl (C=O) groups excluding carboxylic acids is 1. The van der Waals surface area contributed by atoms with E-state index in [1.165, 1.54) is 0 Å². The molecule has 0 fully saturated rings. The lowest BCUT2D eigenvalue weighted by atomic mass is 10.1. The van der Waals surface area contributed by atoms with E-state index in [2.05, 4.69) is 20.4 Å². The molecule has 0 radical (unpaired) electrons. The molecule has 6 nitrogen and oxygen atoms in total. The van der Waals surface area contributed by atoms with Gasteiger partial charge in [0, 0.05) is 17.3 Å². The highest BCUT2D eigenvalue weighted by atomic mass is 16.5. The third kappa shape index (κ3) is 3.01. The van der Waals surface area contributed by atoms with E-state index in [1.807, 2.05) is 67.7 Å². The largest absolute Gasteiger partial charge is 0.361 e. The van der Waals surface area contributed by atoms with Crippen LogP contribution in [0.2, 0.25) is 0 Å². The second-order valence-electron chi connectivity index (χ2n) is 5.81. The summed E-state index contributed by atoms with van der Waals surface area (Å²) in [4.78, 5) is 19.7. The zero-order chi connectivity index (χ0) is 17.2. The van der Waals surface area contributed by atoms with E-state index < -0.39 is 5.91 Å². The average Bonchev–Trinajstić information content (AvgIpc) is 3.31. The molecule has 0 aliphatic heterocycles. The van der Waals surface area contributed by atoms with Crippen LogP contribution < -0.4 is 5.32 Å². The molecule has 0 aliphatic rings. The van der Waals surface area contributed by atoms with E-state index in [-0.39, 0.29) is 11.9 Å². The molecule has 2 N–H and O–H groups in total. The number of nitrogens with one attached hydrogen (secondary N) is 2. The molecule has 124 valence electrons. The smallest absolute Gasteiger partial charge is 0.316 e. The minimum atomic E-state index is -0.393.